The lowest BCUT2D eigenvalue weighted by Crippen LogP contribution is -2.05. The summed E-state index contributed by atoms with van der Waals surface area (Å²) in [5, 5.41) is 3.34. The maximum Gasteiger partial charge on any atom is 0.340 e. The minimum absolute atomic E-state index is 0.124. The summed E-state index contributed by atoms with van der Waals surface area (Å²) in [4.78, 5) is 14.2. The maximum absolute atomic E-state index is 11.6. The lowest BCUT2D eigenvalue weighted by atomic mass is 10.1. The van der Waals surface area contributed by atoms with Crippen molar-refractivity contribution < 1.29 is 14.3 Å². The van der Waals surface area contributed by atoms with Gasteiger partial charge in [0.2, 0.25) is 0 Å². The van der Waals surface area contributed by atoms with Crippen molar-refractivity contribution in [2.24, 2.45) is 5.11 Å². The molecular formula is C12H12BrN3O3. The number of hydrogen-bond acceptors (Lipinski definition) is 4. The lowest BCUT2D eigenvalue weighted by molar-refractivity contribution is -0.138. The molecule has 0 aliphatic heterocycles. The number of benzene rings is 1. The Morgan fingerprint density at radius 3 is 2.89 bits per heavy atom. The molecule has 0 fully saturated rings. The van der Waals surface area contributed by atoms with Gasteiger partial charge in [0.05, 0.1) is 13.7 Å². The number of azide groups is 1. The predicted octanol–water partition coefficient (Wildman–Crippen LogP) is 3.67. The summed E-state index contributed by atoms with van der Waals surface area (Å²) in [6.45, 7) is 1.87. The molecule has 0 aliphatic carbocycles. The standard InChI is InChI=1S/C12H12BrN3O3/c1-3-19-12(17)10(15-16-14)7-8-6-9(13)4-5-11(8)18-2/h4-7H,3H2,1-2H3/b10-7-. The Bertz CT molecular complexity index is 551. The molecule has 0 bridgehead atoms. The van der Waals surface area contributed by atoms with Crippen LogP contribution in [-0.2, 0) is 9.53 Å². The largest absolute Gasteiger partial charge is 0.496 e. The van der Waals surface area contributed by atoms with Crippen molar-refractivity contribution in [3.63, 3.8) is 0 Å². The fraction of sp³-hybridized carbons (Fsp3) is 0.250. The first-order chi connectivity index (χ1) is 9.12. The summed E-state index contributed by atoms with van der Waals surface area (Å²) in [7, 11) is 1.51. The molecule has 0 heterocycles. The van der Waals surface area contributed by atoms with Crippen LogP contribution in [0.5, 0.6) is 5.75 Å². The Balaban J connectivity index is 3.25. The second kappa shape index (κ2) is 7.45. The van der Waals surface area contributed by atoms with Crippen LogP contribution >= 0.6 is 15.9 Å². The van der Waals surface area contributed by atoms with Gasteiger partial charge >= 0.3 is 5.97 Å². The maximum atomic E-state index is 11.6. The molecular weight excluding hydrogens is 314 g/mol. The molecule has 1 aromatic rings. The van der Waals surface area contributed by atoms with Gasteiger partial charge in [-0.2, -0.15) is 0 Å². The Hall–Kier alpha value is -1.98. The zero-order valence-corrected chi connectivity index (χ0v) is 12.0. The van der Waals surface area contributed by atoms with Crippen LogP contribution in [-0.4, -0.2) is 19.7 Å². The molecule has 6 nitrogen and oxygen atoms in total. The number of esters is 1. The van der Waals surface area contributed by atoms with Crippen LogP contribution in [0.25, 0.3) is 16.5 Å². The normalized spacial score (nSPS) is 10.6. The van der Waals surface area contributed by atoms with E-state index >= 15 is 0 Å². The average molecular weight is 326 g/mol. The molecule has 0 aliphatic rings. The van der Waals surface area contributed by atoms with E-state index in [-0.39, 0.29) is 12.3 Å². The molecule has 0 saturated heterocycles. The average Bonchev–Trinajstić information content (AvgIpc) is 2.39. The van der Waals surface area contributed by atoms with E-state index in [4.69, 9.17) is 15.0 Å². The Labute approximate surface area is 118 Å². The molecule has 0 amide bonds. The number of nitrogens with zero attached hydrogens (tertiary/aromatic N) is 3. The van der Waals surface area contributed by atoms with Crippen molar-refractivity contribution in [1.29, 1.82) is 0 Å². The summed E-state index contributed by atoms with van der Waals surface area (Å²) >= 11 is 3.32. The smallest absolute Gasteiger partial charge is 0.340 e. The van der Waals surface area contributed by atoms with E-state index < -0.39 is 5.97 Å². The molecule has 7 heteroatoms. The van der Waals surface area contributed by atoms with E-state index in [1.54, 1.807) is 25.1 Å². The molecule has 0 radical (unpaired) electrons. The van der Waals surface area contributed by atoms with E-state index in [1.807, 2.05) is 0 Å². The van der Waals surface area contributed by atoms with Gasteiger partial charge in [0, 0.05) is 14.9 Å². The van der Waals surface area contributed by atoms with Crippen molar-refractivity contribution in [1.82, 2.24) is 0 Å². The van der Waals surface area contributed by atoms with Gasteiger partial charge in [-0.05, 0) is 36.7 Å². The summed E-state index contributed by atoms with van der Waals surface area (Å²) in [5.74, 6) is -0.125. The third-order valence-electron chi connectivity index (χ3n) is 2.12. The van der Waals surface area contributed by atoms with Crippen LogP contribution in [0.3, 0.4) is 0 Å². The van der Waals surface area contributed by atoms with Gasteiger partial charge in [0.25, 0.3) is 0 Å². The van der Waals surface area contributed by atoms with Crippen LogP contribution in [0.15, 0.2) is 33.5 Å². The second-order valence-corrected chi connectivity index (χ2v) is 4.24. The zero-order valence-electron chi connectivity index (χ0n) is 10.5. The van der Waals surface area contributed by atoms with E-state index in [1.165, 1.54) is 13.2 Å². The molecule has 100 valence electrons. The fourth-order valence-electron chi connectivity index (χ4n) is 1.35. The fourth-order valence-corrected chi connectivity index (χ4v) is 1.73. The van der Waals surface area contributed by atoms with Crippen molar-refractivity contribution in [2.45, 2.75) is 6.92 Å². The Morgan fingerprint density at radius 2 is 2.32 bits per heavy atom. The van der Waals surface area contributed by atoms with Crippen molar-refractivity contribution in [3.8, 4) is 5.75 Å². The van der Waals surface area contributed by atoms with Gasteiger partial charge in [-0.3, -0.25) is 0 Å². The van der Waals surface area contributed by atoms with Crippen LogP contribution in [0.2, 0.25) is 0 Å². The topological polar surface area (TPSA) is 84.3 Å². The highest BCUT2D eigenvalue weighted by Gasteiger charge is 2.10. The van der Waals surface area contributed by atoms with Gasteiger partial charge in [-0.15, -0.1) is 0 Å². The minimum Gasteiger partial charge on any atom is -0.496 e. The third kappa shape index (κ3) is 4.31. The van der Waals surface area contributed by atoms with Crippen LogP contribution in [0, 0.1) is 0 Å². The molecule has 0 saturated carbocycles. The molecule has 1 aromatic carbocycles. The summed E-state index contributed by atoms with van der Waals surface area (Å²) in [6, 6.07) is 5.27. The first-order valence-corrected chi connectivity index (χ1v) is 6.19. The summed E-state index contributed by atoms with van der Waals surface area (Å²) < 4.78 is 10.8. The molecule has 1 rings (SSSR count). The number of carbonyl (C=O) groups is 1. The quantitative estimate of drug-likeness (QED) is 0.272. The number of halogens is 1. The van der Waals surface area contributed by atoms with E-state index in [2.05, 4.69) is 26.0 Å². The second-order valence-electron chi connectivity index (χ2n) is 3.33. The number of hydrogen-bond donors (Lipinski definition) is 0. The van der Waals surface area contributed by atoms with Gasteiger partial charge < -0.3 is 9.47 Å². The predicted molar refractivity (Wildman–Crippen MR) is 74.5 cm³/mol. The minimum atomic E-state index is -0.678. The highest BCUT2D eigenvalue weighted by molar-refractivity contribution is 9.10. The lowest BCUT2D eigenvalue weighted by Gasteiger charge is -2.06. The number of ether oxygens (including phenoxy) is 2. The first-order valence-electron chi connectivity index (χ1n) is 5.39. The summed E-state index contributed by atoms with van der Waals surface area (Å²) in [5.41, 5.74) is 8.96. The molecule has 0 unspecified atom stereocenters. The summed E-state index contributed by atoms with van der Waals surface area (Å²) in [6.07, 6.45) is 1.42. The van der Waals surface area contributed by atoms with Crippen LogP contribution < -0.4 is 4.74 Å². The monoisotopic (exact) mass is 325 g/mol. The molecule has 19 heavy (non-hydrogen) atoms. The Kier molecular flexibility index (Phi) is 5.92. The first kappa shape index (κ1) is 15.1. The van der Waals surface area contributed by atoms with Gasteiger partial charge in [0.15, 0.2) is 0 Å². The third-order valence-corrected chi connectivity index (χ3v) is 2.61. The SMILES string of the molecule is CCOC(=O)/C(=C/c1cc(Br)ccc1OC)N=[N+]=[N-]. The number of rotatable bonds is 5. The van der Waals surface area contributed by atoms with Crippen molar-refractivity contribution >= 4 is 28.0 Å². The number of carbonyl (C=O) groups excluding carboxylic acids is 1. The molecule has 0 spiro atoms. The van der Waals surface area contributed by atoms with Gasteiger partial charge in [-0.1, -0.05) is 21.0 Å². The van der Waals surface area contributed by atoms with Gasteiger partial charge in [-0.25, -0.2) is 4.79 Å². The Morgan fingerprint density at radius 1 is 1.58 bits per heavy atom. The van der Waals surface area contributed by atoms with Crippen molar-refractivity contribution in [3.05, 3.63) is 44.4 Å². The van der Waals surface area contributed by atoms with Crippen LogP contribution in [0.1, 0.15) is 12.5 Å². The van der Waals surface area contributed by atoms with Crippen LogP contribution in [0.4, 0.5) is 0 Å². The molecule has 0 aromatic heterocycles. The number of methoxy groups -OCH3 is 1. The highest BCUT2D eigenvalue weighted by atomic mass is 79.9. The van der Waals surface area contributed by atoms with E-state index in [0.717, 1.165) is 4.47 Å². The van der Waals surface area contributed by atoms with Gasteiger partial charge in [0.1, 0.15) is 11.4 Å². The van der Waals surface area contributed by atoms with E-state index in [9.17, 15) is 4.79 Å². The highest BCUT2D eigenvalue weighted by Crippen LogP contribution is 2.25. The zero-order chi connectivity index (χ0) is 14.3. The van der Waals surface area contributed by atoms with Crippen molar-refractivity contribution in [2.75, 3.05) is 13.7 Å². The molecule has 0 atom stereocenters. The molecule has 0 N–H and O–H groups in total. The van der Waals surface area contributed by atoms with E-state index in [0.29, 0.717) is 11.3 Å².